The summed E-state index contributed by atoms with van der Waals surface area (Å²) in [5, 5.41) is 3.30. The fourth-order valence-corrected chi connectivity index (χ4v) is 9.36. The summed E-state index contributed by atoms with van der Waals surface area (Å²) in [6, 6.07) is 4.32. The number of carbonyl (C=O) groups is 1. The molecule has 1 heterocycles. The van der Waals surface area contributed by atoms with E-state index in [0.717, 1.165) is 12.1 Å². The van der Waals surface area contributed by atoms with Crippen molar-refractivity contribution in [1.82, 2.24) is 0 Å². The van der Waals surface area contributed by atoms with Gasteiger partial charge in [-0.05, 0) is 64.5 Å². The maximum atomic E-state index is 13.1. The normalized spacial score (nSPS) is 18.5. The zero-order valence-corrected chi connectivity index (χ0v) is 16.4. The minimum Gasteiger partial charge on any atom is -0.322 e. The van der Waals surface area contributed by atoms with Crippen LogP contribution in [0.5, 0.6) is 0 Å². The van der Waals surface area contributed by atoms with Gasteiger partial charge in [0.25, 0.3) is 5.91 Å². The first kappa shape index (κ1) is 18.5. The highest BCUT2D eigenvalue weighted by molar-refractivity contribution is 7.77. The van der Waals surface area contributed by atoms with Crippen molar-refractivity contribution in [2.75, 3.05) is 23.8 Å². The molecular weight excluding hydrogens is 301 g/mol. The first-order chi connectivity index (χ1) is 10.9. The molecule has 2 nitrogen and oxygen atoms in total. The average molecular weight is 334 g/mol. The van der Waals surface area contributed by atoms with Gasteiger partial charge in [-0.2, -0.15) is 0 Å². The summed E-state index contributed by atoms with van der Waals surface area (Å²) in [6.45, 7) is 10.8. The van der Waals surface area contributed by atoms with Gasteiger partial charge in [0.2, 0.25) is 0 Å². The average Bonchev–Trinajstić information content (AvgIpc) is 2.52. The zero-order valence-electron chi connectivity index (χ0n) is 15.5. The Labute approximate surface area is 142 Å². The maximum Gasteiger partial charge on any atom is 0.265 e. The summed E-state index contributed by atoms with van der Waals surface area (Å²) in [6.07, 6.45) is 8.86. The van der Waals surface area contributed by atoms with Gasteiger partial charge < -0.3 is 5.32 Å². The van der Waals surface area contributed by atoms with Crippen molar-refractivity contribution in [3.8, 4) is 0 Å². The standard InChI is InChI=1S/C20H32NOP/c1-6-18(23(7-2)11-9-8-10-12-23)20(22)21-19-16(4)13-15(3)14-17(19)5/h13-14,18H,6-12H2,1-5H3/p+1. The number of aryl methyl sites for hydroxylation is 3. The molecular formula is C20H33NOP+. The van der Waals surface area contributed by atoms with Gasteiger partial charge in [0.15, 0.2) is 0 Å². The number of anilines is 1. The van der Waals surface area contributed by atoms with Crippen molar-refractivity contribution in [1.29, 1.82) is 0 Å². The number of hydrogen-bond acceptors (Lipinski definition) is 1. The van der Waals surface area contributed by atoms with Gasteiger partial charge in [0.1, 0.15) is 5.66 Å². The lowest BCUT2D eigenvalue weighted by atomic mass is 10.0. The molecule has 0 saturated carbocycles. The first-order valence-corrected chi connectivity index (χ1v) is 11.6. The van der Waals surface area contributed by atoms with Crippen molar-refractivity contribution in [2.24, 2.45) is 0 Å². The number of rotatable bonds is 5. The number of carbonyl (C=O) groups excluding carboxylic acids is 1. The third-order valence-corrected chi connectivity index (χ3v) is 11.2. The molecule has 23 heavy (non-hydrogen) atoms. The summed E-state index contributed by atoms with van der Waals surface area (Å²) >= 11 is 0. The maximum absolute atomic E-state index is 13.1. The third kappa shape index (κ3) is 3.97. The zero-order chi connectivity index (χ0) is 17.0. The molecule has 1 fully saturated rings. The lowest BCUT2D eigenvalue weighted by Crippen LogP contribution is -2.34. The molecule has 0 bridgehead atoms. The second kappa shape index (κ2) is 7.79. The van der Waals surface area contributed by atoms with Crippen LogP contribution in [0.4, 0.5) is 5.69 Å². The summed E-state index contributed by atoms with van der Waals surface area (Å²) in [4.78, 5) is 13.1. The van der Waals surface area contributed by atoms with Crippen LogP contribution in [0, 0.1) is 20.8 Å². The summed E-state index contributed by atoms with van der Waals surface area (Å²) in [7, 11) is -1.13. The molecule has 1 aliphatic heterocycles. The molecule has 1 amide bonds. The van der Waals surface area contributed by atoms with E-state index in [0.29, 0.717) is 0 Å². The molecule has 2 rings (SSSR count). The summed E-state index contributed by atoms with van der Waals surface area (Å²) < 4.78 is 0. The molecule has 1 N–H and O–H groups in total. The molecule has 0 aromatic heterocycles. The molecule has 1 aromatic rings. The summed E-state index contributed by atoms with van der Waals surface area (Å²) in [5.41, 5.74) is 4.89. The van der Waals surface area contributed by atoms with Gasteiger partial charge in [-0.1, -0.05) is 24.6 Å². The Balaban J connectivity index is 2.24. The van der Waals surface area contributed by atoms with Gasteiger partial charge in [0.05, 0.1) is 18.5 Å². The van der Waals surface area contributed by atoms with E-state index >= 15 is 0 Å². The predicted octanol–water partition coefficient (Wildman–Crippen LogP) is 5.55. The molecule has 1 saturated heterocycles. The van der Waals surface area contributed by atoms with Gasteiger partial charge in [-0.15, -0.1) is 0 Å². The lowest BCUT2D eigenvalue weighted by molar-refractivity contribution is -0.115. The van der Waals surface area contributed by atoms with Crippen LogP contribution in [0.1, 0.15) is 56.2 Å². The van der Waals surface area contributed by atoms with Crippen LogP contribution in [0.3, 0.4) is 0 Å². The number of hydrogen-bond donors (Lipinski definition) is 1. The van der Waals surface area contributed by atoms with Crippen molar-refractivity contribution < 1.29 is 4.79 Å². The van der Waals surface area contributed by atoms with E-state index in [9.17, 15) is 4.79 Å². The first-order valence-electron chi connectivity index (χ1n) is 9.18. The van der Waals surface area contributed by atoms with Crippen molar-refractivity contribution in [3.05, 3.63) is 28.8 Å². The van der Waals surface area contributed by atoms with Crippen molar-refractivity contribution in [2.45, 2.75) is 66.0 Å². The third-order valence-electron chi connectivity index (χ3n) is 5.61. The SMILES string of the molecule is CCC(C(=O)Nc1c(C)cc(C)cc1C)[P+]1(CC)CCCCC1. The molecule has 0 spiro atoms. The molecule has 128 valence electrons. The quantitative estimate of drug-likeness (QED) is 0.703. The van der Waals surface area contributed by atoms with E-state index in [2.05, 4.69) is 52.1 Å². The Bertz CT molecular complexity index is 538. The van der Waals surface area contributed by atoms with Gasteiger partial charge in [-0.25, -0.2) is 0 Å². The van der Waals surface area contributed by atoms with Crippen LogP contribution in [-0.2, 0) is 4.79 Å². The van der Waals surface area contributed by atoms with Crippen LogP contribution in [-0.4, -0.2) is 30.1 Å². The van der Waals surface area contributed by atoms with Gasteiger partial charge >= 0.3 is 0 Å². The van der Waals surface area contributed by atoms with E-state index in [1.165, 1.54) is 54.4 Å². The van der Waals surface area contributed by atoms with E-state index in [1.807, 2.05) is 0 Å². The van der Waals surface area contributed by atoms with Gasteiger partial charge in [0, 0.05) is 12.9 Å². The molecule has 1 aliphatic rings. The molecule has 1 atom stereocenters. The van der Waals surface area contributed by atoms with E-state index in [4.69, 9.17) is 0 Å². The van der Waals surface area contributed by atoms with E-state index in [-0.39, 0.29) is 11.6 Å². The summed E-state index contributed by atoms with van der Waals surface area (Å²) in [5.74, 6) is 0.277. The Morgan fingerprint density at radius 2 is 1.65 bits per heavy atom. The molecule has 1 unspecified atom stereocenters. The monoisotopic (exact) mass is 334 g/mol. The van der Waals surface area contributed by atoms with Crippen molar-refractivity contribution in [3.63, 3.8) is 0 Å². The largest absolute Gasteiger partial charge is 0.322 e. The Kier molecular flexibility index (Phi) is 6.26. The van der Waals surface area contributed by atoms with Crippen molar-refractivity contribution >= 4 is 18.9 Å². The smallest absolute Gasteiger partial charge is 0.265 e. The number of benzene rings is 1. The van der Waals surface area contributed by atoms with Gasteiger partial charge in [-0.3, -0.25) is 4.79 Å². The van der Waals surface area contributed by atoms with Crippen LogP contribution in [0.25, 0.3) is 0 Å². The Hall–Kier alpha value is -0.880. The van der Waals surface area contributed by atoms with Crippen LogP contribution in [0.15, 0.2) is 12.1 Å². The van der Waals surface area contributed by atoms with Crippen LogP contribution in [0.2, 0.25) is 0 Å². The fourth-order valence-electron chi connectivity index (χ4n) is 4.40. The fraction of sp³-hybridized carbons (Fsp3) is 0.650. The van der Waals surface area contributed by atoms with E-state index < -0.39 is 7.26 Å². The minimum atomic E-state index is -1.13. The molecule has 0 radical (unpaired) electrons. The van der Waals surface area contributed by atoms with E-state index in [1.54, 1.807) is 0 Å². The van der Waals surface area contributed by atoms with Crippen LogP contribution < -0.4 is 5.32 Å². The molecule has 3 heteroatoms. The topological polar surface area (TPSA) is 29.1 Å². The number of nitrogens with one attached hydrogen (secondary N) is 1. The number of amides is 1. The Morgan fingerprint density at radius 1 is 1.09 bits per heavy atom. The Morgan fingerprint density at radius 3 is 2.13 bits per heavy atom. The minimum absolute atomic E-state index is 0.243. The lowest BCUT2D eigenvalue weighted by Gasteiger charge is -2.35. The second-order valence-corrected chi connectivity index (χ2v) is 11.8. The second-order valence-electron chi connectivity index (χ2n) is 7.23. The highest BCUT2D eigenvalue weighted by atomic mass is 31.2. The molecule has 0 aliphatic carbocycles. The van der Waals surface area contributed by atoms with Crippen LogP contribution >= 0.6 is 7.26 Å². The molecule has 1 aromatic carbocycles. The predicted molar refractivity (Wildman–Crippen MR) is 104 cm³/mol. The highest BCUT2D eigenvalue weighted by Crippen LogP contribution is 2.66. The highest BCUT2D eigenvalue weighted by Gasteiger charge is 2.47.